The van der Waals surface area contributed by atoms with Gasteiger partial charge in [-0.3, -0.25) is 4.79 Å². The minimum atomic E-state index is 0.166. The molecule has 3 nitrogen and oxygen atoms in total. The summed E-state index contributed by atoms with van der Waals surface area (Å²) < 4.78 is 0. The number of carbonyl (C=O) groups is 1. The summed E-state index contributed by atoms with van der Waals surface area (Å²) in [6.07, 6.45) is 0. The molecule has 0 radical (unpaired) electrons. The average Bonchev–Trinajstić information content (AvgIpc) is 2.86. The lowest BCUT2D eigenvalue weighted by Gasteiger charge is -2.17. The monoisotopic (exact) mass is 188 g/mol. The third-order valence-electron chi connectivity index (χ3n) is 2.95. The highest BCUT2D eigenvalue weighted by Crippen LogP contribution is 2.23. The Kier molecular flexibility index (Phi) is 1.61. The minimum Gasteiger partial charge on any atom is -0.335 e. The van der Waals surface area contributed by atoms with Crippen LogP contribution in [0.4, 0.5) is 0 Å². The van der Waals surface area contributed by atoms with Crippen LogP contribution in [-0.2, 0) is 0 Å². The van der Waals surface area contributed by atoms with E-state index in [1.54, 1.807) is 0 Å². The summed E-state index contributed by atoms with van der Waals surface area (Å²) in [4.78, 5) is 13.8. The molecule has 0 spiro atoms. The highest BCUT2D eigenvalue weighted by Gasteiger charge is 2.46. The summed E-state index contributed by atoms with van der Waals surface area (Å²) in [6.45, 7) is 1.75. The van der Waals surface area contributed by atoms with Crippen molar-refractivity contribution in [3.8, 4) is 0 Å². The van der Waals surface area contributed by atoms with E-state index in [0.717, 1.165) is 18.7 Å². The van der Waals surface area contributed by atoms with Gasteiger partial charge in [0.05, 0.1) is 0 Å². The third-order valence-corrected chi connectivity index (χ3v) is 2.95. The van der Waals surface area contributed by atoms with E-state index in [4.69, 9.17) is 0 Å². The second-order valence-electron chi connectivity index (χ2n) is 3.96. The van der Waals surface area contributed by atoms with Crippen molar-refractivity contribution in [1.29, 1.82) is 0 Å². The minimum absolute atomic E-state index is 0.166. The smallest absolute Gasteiger partial charge is 0.253 e. The average molecular weight is 188 g/mol. The van der Waals surface area contributed by atoms with Crippen LogP contribution >= 0.6 is 0 Å². The lowest BCUT2D eigenvalue weighted by Crippen LogP contribution is -2.33. The van der Waals surface area contributed by atoms with Crippen molar-refractivity contribution in [2.24, 2.45) is 0 Å². The first-order chi connectivity index (χ1) is 6.84. The van der Waals surface area contributed by atoms with Gasteiger partial charge in [0.15, 0.2) is 0 Å². The van der Waals surface area contributed by atoms with Crippen LogP contribution in [0.2, 0.25) is 0 Å². The molecule has 2 saturated heterocycles. The van der Waals surface area contributed by atoms with Gasteiger partial charge in [0.1, 0.15) is 0 Å². The van der Waals surface area contributed by atoms with Gasteiger partial charge in [-0.2, -0.15) is 0 Å². The van der Waals surface area contributed by atoms with Gasteiger partial charge in [0.2, 0.25) is 0 Å². The van der Waals surface area contributed by atoms with Gasteiger partial charge < -0.3 is 10.2 Å². The summed E-state index contributed by atoms with van der Waals surface area (Å²) in [5.41, 5.74) is 0.800. The van der Waals surface area contributed by atoms with E-state index in [-0.39, 0.29) is 5.91 Å². The second kappa shape index (κ2) is 2.82. The summed E-state index contributed by atoms with van der Waals surface area (Å²) in [6, 6.07) is 10.6. The molecule has 2 unspecified atom stereocenters. The predicted octanol–water partition coefficient (Wildman–Crippen LogP) is 0.483. The number of amides is 1. The van der Waals surface area contributed by atoms with Crippen molar-refractivity contribution in [1.82, 2.24) is 10.2 Å². The Balaban J connectivity index is 1.77. The number of rotatable bonds is 1. The van der Waals surface area contributed by atoms with Crippen molar-refractivity contribution in [2.75, 3.05) is 13.1 Å². The van der Waals surface area contributed by atoms with Gasteiger partial charge in [-0.1, -0.05) is 18.2 Å². The fraction of sp³-hybridized carbons (Fsp3) is 0.364. The summed E-state index contributed by atoms with van der Waals surface area (Å²) >= 11 is 0. The first kappa shape index (κ1) is 8.00. The molecule has 1 amide bonds. The van der Waals surface area contributed by atoms with Crippen LogP contribution in [0.15, 0.2) is 30.3 Å². The summed E-state index contributed by atoms with van der Waals surface area (Å²) in [7, 11) is 0. The molecule has 0 aliphatic carbocycles. The molecular formula is C11H12N2O. The number of piperazine rings is 1. The number of hydrogen-bond acceptors (Lipinski definition) is 2. The molecular weight excluding hydrogens is 176 g/mol. The number of nitrogens with zero attached hydrogens (tertiary/aromatic N) is 1. The van der Waals surface area contributed by atoms with E-state index < -0.39 is 0 Å². The summed E-state index contributed by atoms with van der Waals surface area (Å²) in [5, 5.41) is 3.31. The molecule has 3 heteroatoms. The van der Waals surface area contributed by atoms with Crippen molar-refractivity contribution in [3.63, 3.8) is 0 Å². The maximum Gasteiger partial charge on any atom is 0.253 e. The van der Waals surface area contributed by atoms with Gasteiger partial charge in [-0.05, 0) is 12.1 Å². The fourth-order valence-corrected chi connectivity index (χ4v) is 2.06. The van der Waals surface area contributed by atoms with E-state index in [1.807, 2.05) is 35.2 Å². The molecule has 1 aromatic carbocycles. The standard InChI is InChI=1S/C11H12N2O/c14-11(8-4-2-1-3-5-8)13-6-9-10(7-13)12-9/h1-5,9-10,12H,6-7H2. The Bertz CT molecular complexity index is 353. The first-order valence-corrected chi connectivity index (χ1v) is 4.95. The molecule has 0 bridgehead atoms. The predicted molar refractivity (Wildman–Crippen MR) is 53.1 cm³/mol. The van der Waals surface area contributed by atoms with Crippen LogP contribution < -0.4 is 5.32 Å². The lowest BCUT2D eigenvalue weighted by atomic mass is 10.2. The number of carbonyl (C=O) groups excluding carboxylic acids is 1. The Labute approximate surface area is 82.7 Å². The van der Waals surface area contributed by atoms with Crippen molar-refractivity contribution >= 4 is 5.91 Å². The van der Waals surface area contributed by atoms with Crippen molar-refractivity contribution in [2.45, 2.75) is 12.1 Å². The zero-order valence-electron chi connectivity index (χ0n) is 7.81. The molecule has 2 heterocycles. The molecule has 2 aliphatic heterocycles. The van der Waals surface area contributed by atoms with Crippen LogP contribution in [0, 0.1) is 0 Å². The molecule has 0 aromatic heterocycles. The van der Waals surface area contributed by atoms with Crippen LogP contribution in [-0.4, -0.2) is 36.0 Å². The molecule has 2 atom stereocenters. The van der Waals surface area contributed by atoms with Crippen molar-refractivity contribution in [3.05, 3.63) is 35.9 Å². The Hall–Kier alpha value is -1.35. The summed E-state index contributed by atoms with van der Waals surface area (Å²) in [5.74, 6) is 0.166. The molecule has 0 saturated carbocycles. The Morgan fingerprint density at radius 1 is 1.21 bits per heavy atom. The van der Waals surface area contributed by atoms with Gasteiger partial charge in [0.25, 0.3) is 5.91 Å². The van der Waals surface area contributed by atoms with Crippen LogP contribution in [0.3, 0.4) is 0 Å². The first-order valence-electron chi connectivity index (χ1n) is 4.95. The number of hydrogen-bond donors (Lipinski definition) is 1. The van der Waals surface area contributed by atoms with E-state index in [1.165, 1.54) is 0 Å². The fourth-order valence-electron chi connectivity index (χ4n) is 2.06. The topological polar surface area (TPSA) is 42.2 Å². The second-order valence-corrected chi connectivity index (χ2v) is 3.96. The van der Waals surface area contributed by atoms with Crippen LogP contribution in [0.25, 0.3) is 0 Å². The van der Waals surface area contributed by atoms with E-state index >= 15 is 0 Å². The van der Waals surface area contributed by atoms with Crippen LogP contribution in [0.5, 0.6) is 0 Å². The van der Waals surface area contributed by atoms with E-state index in [9.17, 15) is 4.79 Å². The number of benzene rings is 1. The van der Waals surface area contributed by atoms with E-state index in [0.29, 0.717) is 12.1 Å². The normalized spacial score (nSPS) is 28.7. The molecule has 72 valence electrons. The number of likely N-dealkylation sites (tertiary alicyclic amines) is 1. The van der Waals surface area contributed by atoms with Crippen molar-refractivity contribution < 1.29 is 4.79 Å². The van der Waals surface area contributed by atoms with Gasteiger partial charge in [-0.25, -0.2) is 0 Å². The van der Waals surface area contributed by atoms with Gasteiger partial charge >= 0.3 is 0 Å². The maximum atomic E-state index is 11.9. The highest BCUT2D eigenvalue weighted by atomic mass is 16.2. The van der Waals surface area contributed by atoms with Gasteiger partial charge in [0, 0.05) is 30.7 Å². The molecule has 1 aromatic rings. The Morgan fingerprint density at radius 2 is 1.86 bits per heavy atom. The molecule has 14 heavy (non-hydrogen) atoms. The van der Waals surface area contributed by atoms with Crippen LogP contribution in [0.1, 0.15) is 10.4 Å². The lowest BCUT2D eigenvalue weighted by molar-refractivity contribution is 0.0780. The highest BCUT2D eigenvalue weighted by molar-refractivity contribution is 5.94. The number of fused-ring (bicyclic) bond motifs is 1. The largest absolute Gasteiger partial charge is 0.335 e. The number of nitrogens with one attached hydrogen (secondary N) is 1. The maximum absolute atomic E-state index is 11.9. The Morgan fingerprint density at radius 3 is 2.50 bits per heavy atom. The molecule has 3 rings (SSSR count). The molecule has 2 fully saturated rings. The zero-order chi connectivity index (χ0) is 9.54. The quantitative estimate of drug-likeness (QED) is 0.651. The zero-order valence-corrected chi connectivity index (χ0v) is 7.81. The molecule has 2 aliphatic rings. The van der Waals surface area contributed by atoms with Gasteiger partial charge in [-0.15, -0.1) is 0 Å². The molecule has 1 N–H and O–H groups in total. The third kappa shape index (κ3) is 1.21. The van der Waals surface area contributed by atoms with E-state index in [2.05, 4.69) is 5.32 Å². The SMILES string of the molecule is O=C(c1ccccc1)N1CC2NC2C1.